The van der Waals surface area contributed by atoms with E-state index in [0.717, 1.165) is 12.8 Å². The first-order valence-corrected chi connectivity index (χ1v) is 5.45. The molecular formula is C10H23N3O2. The Balaban J connectivity index is 3.47. The van der Waals surface area contributed by atoms with E-state index < -0.39 is 6.04 Å². The standard InChI is InChI=1S/C10H23N3O2/c1-8(2)7-9(12)10(14)13-15-6-4-3-5-11/h8-9H,3-7,11-12H2,1-2H3,(H,13,14)/t9-/m1/s1. The number of hydroxylamine groups is 1. The van der Waals surface area contributed by atoms with E-state index in [2.05, 4.69) is 5.48 Å². The minimum Gasteiger partial charge on any atom is -0.330 e. The number of carbonyl (C=O) groups is 1. The Bertz CT molecular complexity index is 174. The van der Waals surface area contributed by atoms with Gasteiger partial charge in [0.2, 0.25) is 0 Å². The van der Waals surface area contributed by atoms with E-state index >= 15 is 0 Å². The van der Waals surface area contributed by atoms with Crippen molar-refractivity contribution in [1.82, 2.24) is 5.48 Å². The van der Waals surface area contributed by atoms with Crippen molar-refractivity contribution in [2.24, 2.45) is 17.4 Å². The van der Waals surface area contributed by atoms with Gasteiger partial charge in [0.05, 0.1) is 12.6 Å². The largest absolute Gasteiger partial charge is 0.330 e. The molecule has 0 aliphatic heterocycles. The van der Waals surface area contributed by atoms with Crippen molar-refractivity contribution in [3.63, 3.8) is 0 Å². The third-order valence-electron chi connectivity index (χ3n) is 1.94. The monoisotopic (exact) mass is 217 g/mol. The summed E-state index contributed by atoms with van der Waals surface area (Å²) in [5.41, 5.74) is 13.3. The van der Waals surface area contributed by atoms with Gasteiger partial charge in [-0.25, -0.2) is 5.48 Å². The van der Waals surface area contributed by atoms with Gasteiger partial charge in [-0.2, -0.15) is 0 Å². The minimum atomic E-state index is -0.487. The normalized spacial score (nSPS) is 12.9. The van der Waals surface area contributed by atoms with Crippen LogP contribution in [0.1, 0.15) is 33.1 Å². The highest BCUT2D eigenvalue weighted by molar-refractivity contribution is 5.80. The number of unbranched alkanes of at least 4 members (excludes halogenated alkanes) is 1. The zero-order chi connectivity index (χ0) is 11.7. The van der Waals surface area contributed by atoms with Crippen molar-refractivity contribution in [3.8, 4) is 0 Å². The van der Waals surface area contributed by atoms with Crippen LogP contribution in [0, 0.1) is 5.92 Å². The summed E-state index contributed by atoms with van der Waals surface area (Å²) in [5.74, 6) is 0.152. The lowest BCUT2D eigenvalue weighted by Crippen LogP contribution is -2.41. The molecule has 0 aliphatic rings. The first-order valence-electron chi connectivity index (χ1n) is 5.45. The van der Waals surface area contributed by atoms with E-state index in [9.17, 15) is 4.79 Å². The molecule has 5 nitrogen and oxygen atoms in total. The maximum atomic E-state index is 11.3. The number of amides is 1. The summed E-state index contributed by atoms with van der Waals surface area (Å²) >= 11 is 0. The van der Waals surface area contributed by atoms with Gasteiger partial charge in [0.15, 0.2) is 0 Å². The lowest BCUT2D eigenvalue weighted by atomic mass is 10.0. The molecule has 0 aromatic rings. The Labute approximate surface area is 91.5 Å². The average Bonchev–Trinajstić information content (AvgIpc) is 2.16. The Morgan fingerprint density at radius 2 is 2.07 bits per heavy atom. The fourth-order valence-corrected chi connectivity index (χ4v) is 1.13. The summed E-state index contributed by atoms with van der Waals surface area (Å²) in [4.78, 5) is 16.3. The lowest BCUT2D eigenvalue weighted by molar-refractivity contribution is -0.135. The highest BCUT2D eigenvalue weighted by Gasteiger charge is 2.14. The van der Waals surface area contributed by atoms with Crippen molar-refractivity contribution in [2.45, 2.75) is 39.2 Å². The topological polar surface area (TPSA) is 90.4 Å². The zero-order valence-electron chi connectivity index (χ0n) is 9.66. The van der Waals surface area contributed by atoms with Crippen LogP contribution >= 0.6 is 0 Å². The van der Waals surface area contributed by atoms with Gasteiger partial charge < -0.3 is 11.5 Å². The maximum absolute atomic E-state index is 11.3. The molecule has 1 atom stereocenters. The molecule has 0 aliphatic carbocycles. The second-order valence-electron chi connectivity index (χ2n) is 4.05. The van der Waals surface area contributed by atoms with Gasteiger partial charge in [0.1, 0.15) is 0 Å². The molecule has 0 spiro atoms. The molecule has 0 saturated heterocycles. The summed E-state index contributed by atoms with van der Waals surface area (Å²) in [6, 6.07) is -0.487. The van der Waals surface area contributed by atoms with E-state index in [1.807, 2.05) is 13.8 Å². The highest BCUT2D eigenvalue weighted by Crippen LogP contribution is 2.02. The van der Waals surface area contributed by atoms with Gasteiger partial charge in [0.25, 0.3) is 5.91 Å². The first-order chi connectivity index (χ1) is 7.07. The van der Waals surface area contributed by atoms with Crippen molar-refractivity contribution in [2.75, 3.05) is 13.2 Å². The molecular weight excluding hydrogens is 194 g/mol. The molecule has 0 unspecified atom stereocenters. The molecule has 0 radical (unpaired) electrons. The summed E-state index contributed by atoms with van der Waals surface area (Å²) in [5, 5.41) is 0. The molecule has 5 N–H and O–H groups in total. The fourth-order valence-electron chi connectivity index (χ4n) is 1.13. The van der Waals surface area contributed by atoms with Crippen LogP contribution in [0.5, 0.6) is 0 Å². The van der Waals surface area contributed by atoms with Crippen molar-refractivity contribution < 1.29 is 9.63 Å². The van der Waals surface area contributed by atoms with Crippen LogP contribution in [0.25, 0.3) is 0 Å². The van der Waals surface area contributed by atoms with Crippen molar-refractivity contribution in [3.05, 3.63) is 0 Å². The van der Waals surface area contributed by atoms with E-state index in [0.29, 0.717) is 25.5 Å². The van der Waals surface area contributed by atoms with Gasteiger partial charge in [0, 0.05) is 0 Å². The summed E-state index contributed by atoms with van der Waals surface area (Å²) in [6.07, 6.45) is 2.40. The number of carbonyl (C=O) groups excluding carboxylic acids is 1. The molecule has 0 aromatic heterocycles. The smallest absolute Gasteiger partial charge is 0.260 e. The molecule has 1 amide bonds. The quantitative estimate of drug-likeness (QED) is 0.398. The Kier molecular flexibility index (Phi) is 8.27. The highest BCUT2D eigenvalue weighted by atomic mass is 16.6. The van der Waals surface area contributed by atoms with E-state index in [4.69, 9.17) is 16.3 Å². The lowest BCUT2D eigenvalue weighted by Gasteiger charge is -2.13. The van der Waals surface area contributed by atoms with E-state index in [1.54, 1.807) is 0 Å². The van der Waals surface area contributed by atoms with Gasteiger partial charge in [-0.3, -0.25) is 9.63 Å². The SMILES string of the molecule is CC(C)C[C@@H](N)C(=O)NOCCCCN. The molecule has 0 fully saturated rings. The van der Waals surface area contributed by atoms with Crippen LogP contribution in [-0.2, 0) is 9.63 Å². The predicted molar refractivity (Wildman–Crippen MR) is 59.8 cm³/mol. The minimum absolute atomic E-state index is 0.253. The van der Waals surface area contributed by atoms with Gasteiger partial charge in [-0.1, -0.05) is 13.8 Å². The van der Waals surface area contributed by atoms with Gasteiger partial charge >= 0.3 is 0 Å². The number of hydrogen-bond acceptors (Lipinski definition) is 4. The van der Waals surface area contributed by atoms with Crippen LogP contribution in [-0.4, -0.2) is 25.1 Å². The second-order valence-corrected chi connectivity index (χ2v) is 4.05. The second kappa shape index (κ2) is 8.64. The number of nitrogens with one attached hydrogen (secondary N) is 1. The molecule has 0 bridgehead atoms. The summed E-state index contributed by atoms with van der Waals surface area (Å²) in [6.45, 7) is 5.17. The molecule has 0 saturated carbocycles. The Morgan fingerprint density at radius 3 is 2.60 bits per heavy atom. The third kappa shape index (κ3) is 8.35. The number of hydrogen-bond donors (Lipinski definition) is 3. The van der Waals surface area contributed by atoms with E-state index in [1.165, 1.54) is 0 Å². The predicted octanol–water partition coefficient (Wildman–Crippen LogP) is 0.147. The number of rotatable bonds is 8. The molecule has 0 heterocycles. The molecule has 5 heteroatoms. The Morgan fingerprint density at radius 1 is 1.40 bits per heavy atom. The van der Waals surface area contributed by atoms with Crippen molar-refractivity contribution >= 4 is 5.91 Å². The Hall–Kier alpha value is -0.650. The van der Waals surface area contributed by atoms with Crippen LogP contribution in [0.4, 0.5) is 0 Å². The third-order valence-corrected chi connectivity index (χ3v) is 1.94. The van der Waals surface area contributed by atoms with Crippen LogP contribution in [0.2, 0.25) is 0 Å². The molecule has 0 aromatic carbocycles. The van der Waals surface area contributed by atoms with Crippen LogP contribution in [0.3, 0.4) is 0 Å². The van der Waals surface area contributed by atoms with Gasteiger partial charge in [-0.15, -0.1) is 0 Å². The van der Waals surface area contributed by atoms with Crippen molar-refractivity contribution in [1.29, 1.82) is 0 Å². The fraction of sp³-hybridized carbons (Fsp3) is 0.900. The van der Waals surface area contributed by atoms with E-state index in [-0.39, 0.29) is 5.91 Å². The van der Waals surface area contributed by atoms with Gasteiger partial charge in [-0.05, 0) is 31.7 Å². The van der Waals surface area contributed by atoms with Crippen LogP contribution in [0.15, 0.2) is 0 Å². The number of nitrogens with two attached hydrogens (primary N) is 2. The maximum Gasteiger partial charge on any atom is 0.260 e. The summed E-state index contributed by atoms with van der Waals surface area (Å²) < 4.78 is 0. The summed E-state index contributed by atoms with van der Waals surface area (Å²) in [7, 11) is 0. The molecule has 90 valence electrons. The molecule has 0 rings (SSSR count). The molecule has 15 heavy (non-hydrogen) atoms. The van der Waals surface area contributed by atoms with Crippen LogP contribution < -0.4 is 16.9 Å². The first kappa shape index (κ1) is 14.3. The average molecular weight is 217 g/mol. The zero-order valence-corrected chi connectivity index (χ0v) is 9.66.